The zero-order chi connectivity index (χ0) is 18.2. The molecule has 5 heteroatoms. The first-order valence-electron chi connectivity index (χ1n) is 9.96. The van der Waals surface area contributed by atoms with Crippen molar-refractivity contribution in [1.29, 1.82) is 0 Å². The van der Waals surface area contributed by atoms with Gasteiger partial charge in [0, 0.05) is 31.2 Å². The van der Waals surface area contributed by atoms with Gasteiger partial charge in [-0.1, -0.05) is 43.2 Å². The van der Waals surface area contributed by atoms with Gasteiger partial charge in [0.15, 0.2) is 5.65 Å². The molecule has 3 heterocycles. The van der Waals surface area contributed by atoms with Crippen LogP contribution < -0.4 is 0 Å². The molecule has 1 aliphatic heterocycles. The number of amides is 1. The minimum absolute atomic E-state index is 0.0678. The second-order valence-electron chi connectivity index (χ2n) is 7.80. The number of hydrogen-bond acceptors (Lipinski definition) is 3. The Labute approximate surface area is 159 Å². The van der Waals surface area contributed by atoms with E-state index in [1.807, 2.05) is 23.4 Å². The number of likely N-dealkylation sites (tertiary alicyclic amines) is 1. The quantitative estimate of drug-likeness (QED) is 0.704. The molecule has 0 spiro atoms. The van der Waals surface area contributed by atoms with Crippen molar-refractivity contribution >= 4 is 17.1 Å². The lowest BCUT2D eigenvalue weighted by atomic mass is 9.99. The van der Waals surface area contributed by atoms with Crippen molar-refractivity contribution in [3.63, 3.8) is 0 Å². The Hall–Kier alpha value is -2.69. The maximum atomic E-state index is 13.0. The van der Waals surface area contributed by atoms with E-state index in [0.29, 0.717) is 17.5 Å². The van der Waals surface area contributed by atoms with E-state index < -0.39 is 0 Å². The highest BCUT2D eigenvalue weighted by Gasteiger charge is 2.28. The fourth-order valence-corrected chi connectivity index (χ4v) is 4.61. The molecule has 5 rings (SSSR count). The van der Waals surface area contributed by atoms with Crippen molar-refractivity contribution < 1.29 is 4.79 Å². The number of carbonyl (C=O) groups excluding carboxylic acids is 1. The Kier molecular flexibility index (Phi) is 4.15. The molecule has 1 aliphatic carbocycles. The van der Waals surface area contributed by atoms with E-state index in [1.165, 1.54) is 31.2 Å². The van der Waals surface area contributed by atoms with Crippen LogP contribution in [0.15, 0.2) is 48.9 Å². The Morgan fingerprint density at radius 3 is 2.67 bits per heavy atom. The fraction of sp³-hybridized carbons (Fsp3) is 0.409. The van der Waals surface area contributed by atoms with Gasteiger partial charge < -0.3 is 9.47 Å². The van der Waals surface area contributed by atoms with Gasteiger partial charge in [0.25, 0.3) is 5.91 Å². The van der Waals surface area contributed by atoms with Crippen LogP contribution in [0.1, 0.15) is 60.0 Å². The van der Waals surface area contributed by atoms with Gasteiger partial charge in [0.1, 0.15) is 5.52 Å². The predicted molar refractivity (Wildman–Crippen MR) is 105 cm³/mol. The van der Waals surface area contributed by atoms with Crippen LogP contribution in [0.5, 0.6) is 0 Å². The van der Waals surface area contributed by atoms with Crippen LogP contribution in [0.25, 0.3) is 11.2 Å². The van der Waals surface area contributed by atoms with Gasteiger partial charge in [-0.3, -0.25) is 4.79 Å². The van der Waals surface area contributed by atoms with Crippen LogP contribution in [-0.2, 0) is 0 Å². The standard InChI is InChI=1S/C22H24N4O/c27-22(25-11-10-17(14-25)16-6-2-1-3-7-16)18-12-20-21(23-13-18)26(15-24-20)19-8-4-5-9-19/h1-3,6-7,12-13,15,17,19H,4-5,8-11,14H2. The highest BCUT2D eigenvalue weighted by Crippen LogP contribution is 2.32. The van der Waals surface area contributed by atoms with Crippen LogP contribution in [0, 0.1) is 0 Å². The molecule has 0 radical (unpaired) electrons. The van der Waals surface area contributed by atoms with Crippen molar-refractivity contribution in [2.45, 2.75) is 44.1 Å². The molecule has 138 valence electrons. The zero-order valence-electron chi connectivity index (χ0n) is 15.4. The summed E-state index contributed by atoms with van der Waals surface area (Å²) in [6, 6.07) is 12.9. The first kappa shape index (κ1) is 16.5. The molecule has 1 saturated carbocycles. The lowest BCUT2D eigenvalue weighted by Gasteiger charge is -2.17. The number of benzene rings is 1. The van der Waals surface area contributed by atoms with E-state index in [4.69, 9.17) is 0 Å². The van der Waals surface area contributed by atoms with Crippen LogP contribution >= 0.6 is 0 Å². The fourth-order valence-electron chi connectivity index (χ4n) is 4.61. The number of fused-ring (bicyclic) bond motifs is 1. The average Bonchev–Trinajstić information content (AvgIpc) is 3.47. The Morgan fingerprint density at radius 1 is 1.04 bits per heavy atom. The van der Waals surface area contributed by atoms with E-state index >= 15 is 0 Å². The predicted octanol–water partition coefficient (Wildman–Crippen LogP) is 4.18. The molecular weight excluding hydrogens is 336 g/mol. The topological polar surface area (TPSA) is 51.0 Å². The third-order valence-corrected chi connectivity index (χ3v) is 6.12. The van der Waals surface area contributed by atoms with E-state index in [2.05, 4.69) is 38.8 Å². The van der Waals surface area contributed by atoms with Crippen LogP contribution in [0.4, 0.5) is 0 Å². The molecule has 0 bridgehead atoms. The number of pyridine rings is 1. The van der Waals surface area contributed by atoms with E-state index in [1.54, 1.807) is 6.20 Å². The van der Waals surface area contributed by atoms with Crippen LogP contribution in [0.2, 0.25) is 0 Å². The normalized spacial score (nSPS) is 20.6. The first-order valence-corrected chi connectivity index (χ1v) is 9.96. The largest absolute Gasteiger partial charge is 0.338 e. The van der Waals surface area contributed by atoms with E-state index in [9.17, 15) is 4.79 Å². The van der Waals surface area contributed by atoms with Crippen LogP contribution in [-0.4, -0.2) is 38.4 Å². The number of hydrogen-bond donors (Lipinski definition) is 0. The van der Waals surface area contributed by atoms with Gasteiger partial charge in [-0.25, -0.2) is 9.97 Å². The minimum Gasteiger partial charge on any atom is -0.338 e. The molecule has 1 aromatic carbocycles. The highest BCUT2D eigenvalue weighted by molar-refractivity contribution is 5.96. The van der Waals surface area contributed by atoms with Crippen molar-refractivity contribution in [3.8, 4) is 0 Å². The van der Waals surface area contributed by atoms with Crippen molar-refractivity contribution in [1.82, 2.24) is 19.4 Å². The lowest BCUT2D eigenvalue weighted by molar-refractivity contribution is 0.0790. The number of aromatic nitrogens is 3. The molecule has 2 aromatic heterocycles. The summed E-state index contributed by atoms with van der Waals surface area (Å²) in [6.45, 7) is 1.57. The van der Waals surface area contributed by atoms with E-state index in [0.717, 1.165) is 30.7 Å². The number of nitrogens with zero attached hydrogens (tertiary/aromatic N) is 4. The van der Waals surface area contributed by atoms with Gasteiger partial charge in [-0.2, -0.15) is 0 Å². The minimum atomic E-state index is 0.0678. The zero-order valence-corrected chi connectivity index (χ0v) is 15.4. The Bertz CT molecular complexity index is 959. The second kappa shape index (κ2) is 6.80. The second-order valence-corrected chi connectivity index (χ2v) is 7.80. The molecule has 2 aliphatic rings. The molecule has 0 N–H and O–H groups in total. The van der Waals surface area contributed by atoms with Crippen LogP contribution in [0.3, 0.4) is 0 Å². The third kappa shape index (κ3) is 3.01. The van der Waals surface area contributed by atoms with Gasteiger partial charge in [-0.15, -0.1) is 0 Å². The summed E-state index contributed by atoms with van der Waals surface area (Å²) in [6.07, 6.45) is 9.58. The molecular formula is C22H24N4O. The summed E-state index contributed by atoms with van der Waals surface area (Å²) < 4.78 is 2.19. The number of imidazole rings is 1. The maximum Gasteiger partial charge on any atom is 0.255 e. The summed E-state index contributed by atoms with van der Waals surface area (Å²) in [4.78, 5) is 24.1. The Balaban J connectivity index is 1.35. The SMILES string of the molecule is O=C(c1cnc2c(c1)ncn2C1CCCC1)N1CCC(c2ccccc2)C1. The molecule has 3 aromatic rings. The molecule has 1 amide bonds. The summed E-state index contributed by atoms with van der Waals surface area (Å²) in [7, 11) is 0. The molecule has 1 atom stereocenters. The number of carbonyl (C=O) groups is 1. The monoisotopic (exact) mass is 360 g/mol. The van der Waals surface area contributed by atoms with Crippen molar-refractivity contribution in [2.24, 2.45) is 0 Å². The molecule has 5 nitrogen and oxygen atoms in total. The van der Waals surface area contributed by atoms with Gasteiger partial charge in [-0.05, 0) is 30.9 Å². The molecule has 1 unspecified atom stereocenters. The molecule has 2 fully saturated rings. The summed E-state index contributed by atoms with van der Waals surface area (Å²) >= 11 is 0. The molecule has 1 saturated heterocycles. The smallest absolute Gasteiger partial charge is 0.255 e. The van der Waals surface area contributed by atoms with Crippen molar-refractivity contribution in [3.05, 3.63) is 60.0 Å². The average molecular weight is 360 g/mol. The Morgan fingerprint density at radius 2 is 1.85 bits per heavy atom. The third-order valence-electron chi connectivity index (χ3n) is 6.12. The number of rotatable bonds is 3. The summed E-state index contributed by atoms with van der Waals surface area (Å²) in [5, 5.41) is 0. The molecule has 27 heavy (non-hydrogen) atoms. The van der Waals surface area contributed by atoms with Gasteiger partial charge in [0.2, 0.25) is 0 Å². The lowest BCUT2D eigenvalue weighted by Crippen LogP contribution is -2.28. The maximum absolute atomic E-state index is 13.0. The van der Waals surface area contributed by atoms with Gasteiger partial charge in [0.05, 0.1) is 11.9 Å². The summed E-state index contributed by atoms with van der Waals surface area (Å²) in [5.41, 5.74) is 3.69. The van der Waals surface area contributed by atoms with Crippen molar-refractivity contribution in [2.75, 3.05) is 13.1 Å². The van der Waals surface area contributed by atoms with Gasteiger partial charge >= 0.3 is 0 Å². The first-order chi connectivity index (χ1) is 13.3. The highest BCUT2D eigenvalue weighted by atomic mass is 16.2. The summed E-state index contributed by atoms with van der Waals surface area (Å²) in [5.74, 6) is 0.492. The van der Waals surface area contributed by atoms with E-state index in [-0.39, 0.29) is 5.91 Å².